The molecule has 4 heteroatoms. The van der Waals surface area contributed by atoms with Gasteiger partial charge in [0.05, 0.1) is 11.9 Å². The van der Waals surface area contributed by atoms with Crippen LogP contribution in [0.4, 0.5) is 0 Å². The summed E-state index contributed by atoms with van der Waals surface area (Å²) in [5.41, 5.74) is -0.199. The smallest absolute Gasteiger partial charge is 0.270 e. The summed E-state index contributed by atoms with van der Waals surface area (Å²) in [7, 11) is -3.24. The van der Waals surface area contributed by atoms with Crippen LogP contribution in [0.3, 0.4) is 0 Å². The van der Waals surface area contributed by atoms with Gasteiger partial charge in [-0.3, -0.25) is 4.18 Å². The van der Waals surface area contributed by atoms with E-state index in [1.165, 1.54) is 0 Å². The SMILES string of the molecule is CC(C)(C)C1CCOS1(=O)=O. The van der Waals surface area contributed by atoms with Crippen molar-refractivity contribution in [2.75, 3.05) is 6.61 Å². The van der Waals surface area contributed by atoms with Gasteiger partial charge in [-0.2, -0.15) is 8.42 Å². The van der Waals surface area contributed by atoms with Gasteiger partial charge in [0.1, 0.15) is 0 Å². The minimum atomic E-state index is -3.24. The van der Waals surface area contributed by atoms with E-state index in [0.29, 0.717) is 13.0 Å². The second-order valence-electron chi connectivity index (χ2n) is 3.96. The van der Waals surface area contributed by atoms with Crippen molar-refractivity contribution in [1.82, 2.24) is 0 Å². The molecule has 1 aliphatic rings. The monoisotopic (exact) mass is 178 g/mol. The first-order chi connectivity index (χ1) is 4.84. The zero-order chi connectivity index (χ0) is 8.70. The minimum absolute atomic E-state index is 0.199. The van der Waals surface area contributed by atoms with Crippen molar-refractivity contribution in [2.45, 2.75) is 32.4 Å². The van der Waals surface area contributed by atoms with Crippen LogP contribution in [0, 0.1) is 5.41 Å². The first-order valence-corrected chi connectivity index (χ1v) is 5.19. The van der Waals surface area contributed by atoms with Gasteiger partial charge in [0.15, 0.2) is 0 Å². The van der Waals surface area contributed by atoms with Gasteiger partial charge < -0.3 is 0 Å². The van der Waals surface area contributed by atoms with Gasteiger partial charge in [-0.1, -0.05) is 20.8 Å². The summed E-state index contributed by atoms with van der Waals surface area (Å²) in [5, 5.41) is -0.324. The van der Waals surface area contributed by atoms with Crippen molar-refractivity contribution < 1.29 is 12.6 Å². The third-order valence-corrected chi connectivity index (χ3v) is 4.08. The second-order valence-corrected chi connectivity index (χ2v) is 5.75. The lowest BCUT2D eigenvalue weighted by Crippen LogP contribution is -2.30. The zero-order valence-electron chi connectivity index (χ0n) is 7.12. The van der Waals surface area contributed by atoms with E-state index in [1.807, 2.05) is 20.8 Å². The van der Waals surface area contributed by atoms with Gasteiger partial charge in [-0.15, -0.1) is 0 Å². The van der Waals surface area contributed by atoms with Crippen LogP contribution in [0.25, 0.3) is 0 Å². The van der Waals surface area contributed by atoms with Crippen LogP contribution in [0.2, 0.25) is 0 Å². The van der Waals surface area contributed by atoms with Gasteiger partial charge in [0, 0.05) is 0 Å². The summed E-state index contributed by atoms with van der Waals surface area (Å²) in [6, 6.07) is 0. The molecule has 1 fully saturated rings. The van der Waals surface area contributed by atoms with Gasteiger partial charge in [-0.25, -0.2) is 0 Å². The molecule has 1 saturated heterocycles. The van der Waals surface area contributed by atoms with Crippen LogP contribution in [0.1, 0.15) is 27.2 Å². The first-order valence-electron chi connectivity index (χ1n) is 3.72. The minimum Gasteiger partial charge on any atom is -0.270 e. The molecule has 0 radical (unpaired) electrons. The molecule has 0 bridgehead atoms. The van der Waals surface area contributed by atoms with Crippen LogP contribution in [-0.4, -0.2) is 20.3 Å². The molecular formula is C7H14O3S. The molecule has 0 saturated carbocycles. The maximum Gasteiger partial charge on any atom is 0.270 e. The second kappa shape index (κ2) is 2.45. The molecule has 0 aromatic carbocycles. The van der Waals surface area contributed by atoms with E-state index in [9.17, 15) is 8.42 Å². The predicted octanol–water partition coefficient (Wildman–Crippen LogP) is 1.15. The van der Waals surface area contributed by atoms with Crippen LogP contribution in [-0.2, 0) is 14.3 Å². The highest BCUT2D eigenvalue weighted by Crippen LogP contribution is 2.33. The summed E-state index contributed by atoms with van der Waals surface area (Å²) in [6.45, 7) is 6.11. The van der Waals surface area contributed by atoms with E-state index >= 15 is 0 Å². The highest BCUT2D eigenvalue weighted by Gasteiger charge is 2.41. The van der Waals surface area contributed by atoms with Crippen molar-refractivity contribution in [3.63, 3.8) is 0 Å². The van der Waals surface area contributed by atoms with Gasteiger partial charge >= 0.3 is 0 Å². The standard InChI is InChI=1S/C7H14O3S/c1-7(2,3)6-4-5-10-11(6,8)9/h6H,4-5H2,1-3H3. The molecule has 0 N–H and O–H groups in total. The van der Waals surface area contributed by atoms with Crippen molar-refractivity contribution in [1.29, 1.82) is 0 Å². The lowest BCUT2D eigenvalue weighted by molar-refractivity contribution is 0.351. The Morgan fingerprint density at radius 2 is 1.91 bits per heavy atom. The summed E-state index contributed by atoms with van der Waals surface area (Å²) in [4.78, 5) is 0. The highest BCUT2D eigenvalue weighted by atomic mass is 32.2. The lowest BCUT2D eigenvalue weighted by atomic mass is 9.90. The predicted molar refractivity (Wildman–Crippen MR) is 42.7 cm³/mol. The van der Waals surface area contributed by atoms with Crippen LogP contribution in [0.15, 0.2) is 0 Å². The molecule has 1 heterocycles. The Morgan fingerprint density at radius 1 is 1.36 bits per heavy atom. The molecule has 1 aliphatic heterocycles. The Hall–Kier alpha value is -0.0900. The maximum absolute atomic E-state index is 11.2. The van der Waals surface area contributed by atoms with Crippen LogP contribution in [0.5, 0.6) is 0 Å². The third-order valence-electron chi connectivity index (χ3n) is 1.94. The fourth-order valence-electron chi connectivity index (χ4n) is 1.36. The molecule has 3 nitrogen and oxygen atoms in total. The van der Waals surface area contributed by atoms with Gasteiger partial charge in [0.2, 0.25) is 0 Å². The van der Waals surface area contributed by atoms with E-state index in [2.05, 4.69) is 4.18 Å². The van der Waals surface area contributed by atoms with E-state index in [1.54, 1.807) is 0 Å². The fourth-order valence-corrected chi connectivity index (χ4v) is 3.11. The molecule has 0 spiro atoms. The largest absolute Gasteiger partial charge is 0.270 e. The van der Waals surface area contributed by atoms with Crippen molar-refractivity contribution in [3.05, 3.63) is 0 Å². The Bertz CT molecular complexity index is 235. The van der Waals surface area contributed by atoms with Crippen molar-refractivity contribution >= 4 is 10.1 Å². The number of hydrogen-bond acceptors (Lipinski definition) is 3. The highest BCUT2D eigenvalue weighted by molar-refractivity contribution is 7.87. The van der Waals surface area contributed by atoms with Gasteiger partial charge in [-0.05, 0) is 11.8 Å². The quantitative estimate of drug-likeness (QED) is 0.523. The Balaban J connectivity index is 2.91. The van der Waals surface area contributed by atoms with E-state index < -0.39 is 10.1 Å². The average molecular weight is 178 g/mol. The molecule has 66 valence electrons. The fraction of sp³-hybridized carbons (Fsp3) is 1.00. The molecule has 1 rings (SSSR count). The number of hydrogen-bond donors (Lipinski definition) is 0. The summed E-state index contributed by atoms with van der Waals surface area (Å²) >= 11 is 0. The molecule has 0 amide bonds. The van der Waals surface area contributed by atoms with Gasteiger partial charge in [0.25, 0.3) is 10.1 Å². The molecule has 0 aromatic heterocycles. The summed E-state index contributed by atoms with van der Waals surface area (Å²) in [6.07, 6.45) is 0.631. The third kappa shape index (κ3) is 1.73. The lowest BCUT2D eigenvalue weighted by Gasteiger charge is -2.23. The van der Waals surface area contributed by atoms with E-state index in [4.69, 9.17) is 0 Å². The maximum atomic E-state index is 11.2. The Labute approximate surface area is 67.9 Å². The summed E-state index contributed by atoms with van der Waals surface area (Å²) in [5.74, 6) is 0. The molecule has 1 atom stereocenters. The normalized spacial score (nSPS) is 30.6. The van der Waals surface area contributed by atoms with Crippen molar-refractivity contribution in [2.24, 2.45) is 5.41 Å². The summed E-state index contributed by atoms with van der Waals surface area (Å²) < 4.78 is 27.0. The molecule has 1 unspecified atom stereocenters. The molecule has 0 aliphatic carbocycles. The topological polar surface area (TPSA) is 43.4 Å². The van der Waals surface area contributed by atoms with E-state index in [-0.39, 0.29) is 10.7 Å². The van der Waals surface area contributed by atoms with E-state index in [0.717, 1.165) is 0 Å². The first kappa shape index (κ1) is 9.00. The Morgan fingerprint density at radius 3 is 2.09 bits per heavy atom. The average Bonchev–Trinajstić information content (AvgIpc) is 2.06. The molecule has 0 aromatic rings. The molecular weight excluding hydrogens is 164 g/mol. The zero-order valence-corrected chi connectivity index (χ0v) is 7.94. The van der Waals surface area contributed by atoms with Crippen LogP contribution < -0.4 is 0 Å². The number of rotatable bonds is 0. The van der Waals surface area contributed by atoms with Crippen molar-refractivity contribution in [3.8, 4) is 0 Å². The Kier molecular flexibility index (Phi) is 2.01. The molecule has 11 heavy (non-hydrogen) atoms. The van der Waals surface area contributed by atoms with Crippen LogP contribution >= 0.6 is 0 Å².